The highest BCUT2D eigenvalue weighted by atomic mass is 16.3. The first-order valence-electron chi connectivity index (χ1n) is 8.59. The monoisotopic (exact) mass is 332 g/mol. The molecule has 6 heteroatoms. The molecule has 0 aliphatic rings. The Morgan fingerprint density at radius 3 is 2.79 bits per heavy atom. The minimum absolute atomic E-state index is 0.231. The number of para-hydroxylation sites is 2. The molecule has 1 heterocycles. The fourth-order valence-corrected chi connectivity index (χ4v) is 2.82. The molecule has 1 unspecified atom stereocenters. The quantitative estimate of drug-likeness (QED) is 0.650. The number of carbonyl (C=O) groups is 1. The predicted octanol–water partition coefficient (Wildman–Crippen LogP) is 2.44. The van der Waals surface area contributed by atoms with Crippen LogP contribution in [0, 0.1) is 12.8 Å². The standard InChI is InChI=1S/C18H28N4O2/c1-13(2)11-15(23)12-20-18(24)19-9-6-10-22-14(3)21-16-7-4-5-8-17(16)22/h4-5,7-8,13,15,23H,6,9-12H2,1-3H3,(H2,19,20,24). The van der Waals surface area contributed by atoms with Crippen LogP contribution in [0.5, 0.6) is 0 Å². The Labute approximate surface area is 143 Å². The maximum atomic E-state index is 11.7. The molecule has 0 spiro atoms. The lowest BCUT2D eigenvalue weighted by Crippen LogP contribution is -2.40. The Morgan fingerprint density at radius 1 is 1.29 bits per heavy atom. The zero-order valence-electron chi connectivity index (χ0n) is 14.7. The number of benzene rings is 1. The number of rotatable bonds is 8. The van der Waals surface area contributed by atoms with Crippen molar-refractivity contribution in [2.24, 2.45) is 5.92 Å². The van der Waals surface area contributed by atoms with E-state index in [2.05, 4.69) is 26.3 Å². The normalized spacial score (nSPS) is 12.5. The maximum Gasteiger partial charge on any atom is 0.314 e. The molecule has 6 nitrogen and oxygen atoms in total. The van der Waals surface area contributed by atoms with Gasteiger partial charge in [0.1, 0.15) is 5.82 Å². The van der Waals surface area contributed by atoms with Crippen molar-refractivity contribution >= 4 is 17.1 Å². The molecule has 132 valence electrons. The second-order valence-electron chi connectivity index (χ2n) is 6.57. The highest BCUT2D eigenvalue weighted by Gasteiger charge is 2.09. The maximum absolute atomic E-state index is 11.7. The Morgan fingerprint density at radius 2 is 2.04 bits per heavy atom. The van der Waals surface area contributed by atoms with E-state index in [4.69, 9.17) is 0 Å². The number of amides is 2. The number of fused-ring (bicyclic) bond motifs is 1. The Kier molecular flexibility index (Phi) is 6.61. The molecular weight excluding hydrogens is 304 g/mol. The van der Waals surface area contributed by atoms with E-state index in [0.717, 1.165) is 29.8 Å². The molecule has 0 radical (unpaired) electrons. The molecule has 2 rings (SSSR count). The van der Waals surface area contributed by atoms with E-state index in [-0.39, 0.29) is 12.6 Å². The summed E-state index contributed by atoms with van der Waals surface area (Å²) in [5.74, 6) is 1.40. The molecule has 0 saturated heterocycles. The van der Waals surface area contributed by atoms with Crippen molar-refractivity contribution in [3.8, 4) is 0 Å². The van der Waals surface area contributed by atoms with Gasteiger partial charge in [0.2, 0.25) is 0 Å². The second-order valence-corrected chi connectivity index (χ2v) is 6.57. The van der Waals surface area contributed by atoms with Crippen LogP contribution in [-0.2, 0) is 6.54 Å². The Hall–Kier alpha value is -2.08. The molecular formula is C18H28N4O2. The Balaban J connectivity index is 1.70. The van der Waals surface area contributed by atoms with Gasteiger partial charge in [-0.2, -0.15) is 0 Å². The number of aryl methyl sites for hydroxylation is 2. The van der Waals surface area contributed by atoms with Gasteiger partial charge in [-0.15, -0.1) is 0 Å². The van der Waals surface area contributed by atoms with Crippen molar-refractivity contribution in [1.82, 2.24) is 20.2 Å². The largest absolute Gasteiger partial charge is 0.391 e. The zero-order valence-corrected chi connectivity index (χ0v) is 14.7. The van der Waals surface area contributed by atoms with E-state index in [9.17, 15) is 9.90 Å². The average molecular weight is 332 g/mol. The molecule has 24 heavy (non-hydrogen) atoms. The van der Waals surface area contributed by atoms with E-state index < -0.39 is 6.10 Å². The van der Waals surface area contributed by atoms with Gasteiger partial charge >= 0.3 is 6.03 Å². The molecule has 1 aromatic heterocycles. The number of hydrogen-bond acceptors (Lipinski definition) is 3. The van der Waals surface area contributed by atoms with Gasteiger partial charge in [0.05, 0.1) is 17.1 Å². The minimum Gasteiger partial charge on any atom is -0.391 e. The van der Waals surface area contributed by atoms with Crippen molar-refractivity contribution in [3.05, 3.63) is 30.1 Å². The van der Waals surface area contributed by atoms with Crippen molar-refractivity contribution in [2.75, 3.05) is 13.1 Å². The van der Waals surface area contributed by atoms with Crippen molar-refractivity contribution < 1.29 is 9.90 Å². The number of aromatic nitrogens is 2. The summed E-state index contributed by atoms with van der Waals surface area (Å²) in [6, 6.07) is 7.83. The van der Waals surface area contributed by atoms with Gasteiger partial charge < -0.3 is 20.3 Å². The van der Waals surface area contributed by atoms with Crippen LogP contribution in [0.1, 0.15) is 32.5 Å². The topological polar surface area (TPSA) is 79.2 Å². The van der Waals surface area contributed by atoms with Crippen LogP contribution in [-0.4, -0.2) is 39.9 Å². The summed E-state index contributed by atoms with van der Waals surface area (Å²) in [6.07, 6.45) is 1.02. The van der Waals surface area contributed by atoms with E-state index in [1.54, 1.807) is 0 Å². The van der Waals surface area contributed by atoms with Gasteiger partial charge in [-0.1, -0.05) is 26.0 Å². The number of aliphatic hydroxyl groups excluding tert-OH is 1. The number of imidazole rings is 1. The molecule has 2 aromatic rings. The van der Waals surface area contributed by atoms with Crippen LogP contribution < -0.4 is 10.6 Å². The number of nitrogens with one attached hydrogen (secondary N) is 2. The number of aliphatic hydroxyl groups is 1. The van der Waals surface area contributed by atoms with E-state index >= 15 is 0 Å². The summed E-state index contributed by atoms with van der Waals surface area (Å²) in [6.45, 7) is 7.77. The first-order chi connectivity index (χ1) is 11.5. The summed E-state index contributed by atoms with van der Waals surface area (Å²) in [5.41, 5.74) is 2.12. The molecule has 0 aliphatic carbocycles. The van der Waals surface area contributed by atoms with Crippen LogP contribution in [0.25, 0.3) is 11.0 Å². The summed E-state index contributed by atoms with van der Waals surface area (Å²) >= 11 is 0. The molecule has 1 atom stereocenters. The molecule has 0 bridgehead atoms. The number of hydrogen-bond donors (Lipinski definition) is 3. The third-order valence-electron chi connectivity index (χ3n) is 3.93. The van der Waals surface area contributed by atoms with Gasteiger partial charge in [0, 0.05) is 19.6 Å². The molecule has 3 N–H and O–H groups in total. The van der Waals surface area contributed by atoms with E-state index in [1.165, 1.54) is 0 Å². The van der Waals surface area contributed by atoms with Crippen LogP contribution >= 0.6 is 0 Å². The summed E-state index contributed by atoms with van der Waals surface area (Å²) in [7, 11) is 0. The molecule has 0 aliphatic heterocycles. The zero-order chi connectivity index (χ0) is 17.5. The van der Waals surface area contributed by atoms with Gasteiger partial charge in [-0.05, 0) is 37.8 Å². The van der Waals surface area contributed by atoms with Gasteiger partial charge in [0.15, 0.2) is 0 Å². The van der Waals surface area contributed by atoms with Crippen molar-refractivity contribution in [1.29, 1.82) is 0 Å². The number of urea groups is 1. The lowest BCUT2D eigenvalue weighted by molar-refractivity contribution is 0.147. The van der Waals surface area contributed by atoms with Crippen LogP contribution in [0.2, 0.25) is 0 Å². The second kappa shape index (κ2) is 8.68. The lowest BCUT2D eigenvalue weighted by atomic mass is 10.1. The summed E-state index contributed by atoms with van der Waals surface area (Å²) in [4.78, 5) is 16.3. The van der Waals surface area contributed by atoms with Crippen LogP contribution in [0.3, 0.4) is 0 Å². The first-order valence-corrected chi connectivity index (χ1v) is 8.59. The SMILES string of the molecule is Cc1nc2ccccc2n1CCCNC(=O)NCC(O)CC(C)C. The van der Waals surface area contributed by atoms with Crippen LogP contribution in [0.4, 0.5) is 4.79 Å². The molecule has 2 amide bonds. The Bertz CT molecular complexity index is 666. The third kappa shape index (κ3) is 5.23. The van der Waals surface area contributed by atoms with E-state index in [0.29, 0.717) is 18.9 Å². The lowest BCUT2D eigenvalue weighted by Gasteiger charge is -2.14. The molecule has 1 aromatic carbocycles. The summed E-state index contributed by atoms with van der Waals surface area (Å²) in [5, 5.41) is 15.3. The molecule has 0 saturated carbocycles. The average Bonchev–Trinajstić information content (AvgIpc) is 2.84. The number of nitrogens with zero attached hydrogens (tertiary/aromatic N) is 2. The third-order valence-corrected chi connectivity index (χ3v) is 3.93. The van der Waals surface area contributed by atoms with Crippen LogP contribution in [0.15, 0.2) is 24.3 Å². The number of carbonyl (C=O) groups excluding carboxylic acids is 1. The van der Waals surface area contributed by atoms with Gasteiger partial charge in [-0.25, -0.2) is 9.78 Å². The van der Waals surface area contributed by atoms with Gasteiger partial charge in [-0.3, -0.25) is 0 Å². The highest BCUT2D eigenvalue weighted by molar-refractivity contribution is 5.76. The minimum atomic E-state index is -0.490. The fraction of sp³-hybridized carbons (Fsp3) is 0.556. The first kappa shape index (κ1) is 18.3. The van der Waals surface area contributed by atoms with Crippen molar-refractivity contribution in [3.63, 3.8) is 0 Å². The predicted molar refractivity (Wildman–Crippen MR) is 96.0 cm³/mol. The summed E-state index contributed by atoms with van der Waals surface area (Å²) < 4.78 is 2.17. The highest BCUT2D eigenvalue weighted by Crippen LogP contribution is 2.15. The van der Waals surface area contributed by atoms with Crippen molar-refractivity contribution in [2.45, 2.75) is 46.3 Å². The smallest absolute Gasteiger partial charge is 0.314 e. The van der Waals surface area contributed by atoms with E-state index in [1.807, 2.05) is 39.0 Å². The molecule has 0 fully saturated rings. The van der Waals surface area contributed by atoms with Gasteiger partial charge in [0.25, 0.3) is 0 Å². The fourth-order valence-electron chi connectivity index (χ4n) is 2.82.